The van der Waals surface area contributed by atoms with Gasteiger partial charge in [0.05, 0.1) is 12.2 Å². The molecule has 5 rings (SSSR count). The van der Waals surface area contributed by atoms with E-state index in [2.05, 4.69) is 38.2 Å². The zero-order chi connectivity index (χ0) is 23.2. The molecular formula is C27H27N3O2S. The van der Waals surface area contributed by atoms with Gasteiger partial charge >= 0.3 is 6.03 Å². The number of hydrogen-bond donors (Lipinski definition) is 1. The average molecular weight is 458 g/mol. The summed E-state index contributed by atoms with van der Waals surface area (Å²) >= 11 is 1.57. The molecule has 168 valence electrons. The molecule has 3 amide bonds. The zero-order valence-electron chi connectivity index (χ0n) is 19.0. The van der Waals surface area contributed by atoms with Gasteiger partial charge in [0.2, 0.25) is 0 Å². The molecule has 1 atom stereocenters. The largest absolute Gasteiger partial charge is 0.323 e. The van der Waals surface area contributed by atoms with Crippen molar-refractivity contribution >= 4 is 35.1 Å². The lowest BCUT2D eigenvalue weighted by molar-refractivity contribution is -0.123. The molecule has 1 saturated heterocycles. The van der Waals surface area contributed by atoms with Crippen molar-refractivity contribution < 1.29 is 9.59 Å². The van der Waals surface area contributed by atoms with E-state index in [9.17, 15) is 9.59 Å². The highest BCUT2D eigenvalue weighted by molar-refractivity contribution is 8.02. The van der Waals surface area contributed by atoms with Crippen LogP contribution >= 0.6 is 11.8 Å². The summed E-state index contributed by atoms with van der Waals surface area (Å²) in [6.45, 7) is 7.18. The third kappa shape index (κ3) is 3.59. The van der Waals surface area contributed by atoms with Crippen molar-refractivity contribution in [3.05, 3.63) is 95.6 Å². The van der Waals surface area contributed by atoms with E-state index in [-0.39, 0.29) is 16.7 Å². The van der Waals surface area contributed by atoms with E-state index in [0.29, 0.717) is 18.8 Å². The Labute approximate surface area is 198 Å². The van der Waals surface area contributed by atoms with Crippen LogP contribution in [0.15, 0.2) is 78.9 Å². The van der Waals surface area contributed by atoms with Gasteiger partial charge in [0, 0.05) is 22.5 Å². The molecule has 0 aliphatic carbocycles. The maximum atomic E-state index is 14.2. The molecule has 6 heteroatoms. The van der Waals surface area contributed by atoms with Crippen molar-refractivity contribution in [2.24, 2.45) is 0 Å². The standard InChI is InChI=1S/C27H27N3O2S/c1-19-11-7-8-12-20(19)17-29-23-16-10-9-15-22(23)27(24(29)31)30(18-26(2,3)33-27)25(32)28-21-13-5-4-6-14-21/h4-16H,17-18H2,1-3H3,(H,28,32). The fourth-order valence-electron chi connectivity index (χ4n) is 4.78. The summed E-state index contributed by atoms with van der Waals surface area (Å²) in [5, 5.41) is 3.00. The Kier molecular flexibility index (Phi) is 5.20. The predicted octanol–water partition coefficient (Wildman–Crippen LogP) is 5.75. The van der Waals surface area contributed by atoms with E-state index >= 15 is 0 Å². The molecule has 2 aliphatic heterocycles. The number of amides is 3. The third-order valence-electron chi connectivity index (χ3n) is 6.30. The lowest BCUT2D eigenvalue weighted by Gasteiger charge is -2.33. The van der Waals surface area contributed by atoms with Gasteiger partial charge in [-0.15, -0.1) is 11.8 Å². The fourth-order valence-corrected chi connectivity index (χ4v) is 6.52. The average Bonchev–Trinajstić information content (AvgIpc) is 3.22. The first-order valence-electron chi connectivity index (χ1n) is 11.1. The van der Waals surface area contributed by atoms with Crippen LogP contribution in [0.4, 0.5) is 16.2 Å². The molecule has 33 heavy (non-hydrogen) atoms. The van der Waals surface area contributed by atoms with Gasteiger partial charge in [-0.2, -0.15) is 0 Å². The van der Waals surface area contributed by atoms with Crippen molar-refractivity contribution in [1.82, 2.24) is 4.90 Å². The van der Waals surface area contributed by atoms with E-state index in [4.69, 9.17) is 0 Å². The number of nitrogens with zero attached hydrogens (tertiary/aromatic N) is 2. The first-order valence-corrected chi connectivity index (χ1v) is 11.9. The van der Waals surface area contributed by atoms with Crippen LogP contribution in [0.5, 0.6) is 0 Å². The first-order chi connectivity index (χ1) is 15.8. The molecule has 1 N–H and O–H groups in total. The molecular weight excluding hydrogens is 430 g/mol. The summed E-state index contributed by atoms with van der Waals surface area (Å²) in [4.78, 5) is 30.3. The van der Waals surface area contributed by atoms with Gasteiger partial charge in [0.25, 0.3) is 5.91 Å². The van der Waals surface area contributed by atoms with E-state index in [1.165, 1.54) is 0 Å². The normalized spacial score (nSPS) is 20.9. The number of thioether (sulfide) groups is 1. The number of para-hydroxylation sites is 2. The van der Waals surface area contributed by atoms with E-state index in [0.717, 1.165) is 22.4 Å². The van der Waals surface area contributed by atoms with Crippen molar-refractivity contribution in [1.29, 1.82) is 0 Å². The number of carbonyl (C=O) groups is 2. The lowest BCUT2D eigenvalue weighted by Crippen LogP contribution is -2.51. The van der Waals surface area contributed by atoms with Gasteiger partial charge in [0.1, 0.15) is 0 Å². The highest BCUT2D eigenvalue weighted by atomic mass is 32.2. The van der Waals surface area contributed by atoms with Crippen LogP contribution in [0.1, 0.15) is 30.5 Å². The highest BCUT2D eigenvalue weighted by Crippen LogP contribution is 2.59. The molecule has 0 radical (unpaired) electrons. The van der Waals surface area contributed by atoms with Gasteiger partial charge in [-0.3, -0.25) is 9.69 Å². The van der Waals surface area contributed by atoms with Crippen LogP contribution in [0, 0.1) is 6.92 Å². The Morgan fingerprint density at radius 3 is 2.39 bits per heavy atom. The van der Waals surface area contributed by atoms with Crippen LogP contribution in [0.2, 0.25) is 0 Å². The molecule has 2 aliphatic rings. The van der Waals surface area contributed by atoms with Crippen LogP contribution in [-0.2, 0) is 16.2 Å². The molecule has 0 saturated carbocycles. The summed E-state index contributed by atoms with van der Waals surface area (Å²) in [6.07, 6.45) is 0. The smallest absolute Gasteiger partial charge is 0.308 e. The number of urea groups is 1. The molecule has 1 unspecified atom stereocenters. The van der Waals surface area contributed by atoms with Crippen LogP contribution in [-0.4, -0.2) is 28.1 Å². The van der Waals surface area contributed by atoms with Crippen molar-refractivity contribution in [3.63, 3.8) is 0 Å². The SMILES string of the molecule is Cc1ccccc1CN1C(=O)C2(SC(C)(C)CN2C(=O)Nc2ccccc2)c2ccccc21. The van der Waals surface area contributed by atoms with E-state index < -0.39 is 4.87 Å². The number of rotatable bonds is 3. The molecule has 3 aromatic carbocycles. The molecule has 1 fully saturated rings. The molecule has 5 nitrogen and oxygen atoms in total. The third-order valence-corrected chi connectivity index (χ3v) is 7.89. The quantitative estimate of drug-likeness (QED) is 0.545. The monoisotopic (exact) mass is 457 g/mol. The number of benzene rings is 3. The Bertz CT molecular complexity index is 1230. The number of aryl methyl sites for hydroxylation is 1. The lowest BCUT2D eigenvalue weighted by atomic mass is 10.1. The Hall–Kier alpha value is -3.25. The minimum absolute atomic E-state index is 0.0641. The fraction of sp³-hybridized carbons (Fsp3) is 0.259. The summed E-state index contributed by atoms with van der Waals surface area (Å²) < 4.78 is -0.282. The number of nitrogens with one attached hydrogen (secondary N) is 1. The predicted molar refractivity (Wildman–Crippen MR) is 134 cm³/mol. The van der Waals surface area contributed by atoms with Crippen molar-refractivity contribution in [3.8, 4) is 0 Å². The maximum Gasteiger partial charge on any atom is 0.323 e. The van der Waals surface area contributed by atoms with Gasteiger partial charge < -0.3 is 10.2 Å². The minimum atomic E-state index is -1.10. The Morgan fingerprint density at radius 1 is 0.970 bits per heavy atom. The molecule has 3 aromatic rings. The second-order valence-corrected chi connectivity index (χ2v) is 11.1. The van der Waals surface area contributed by atoms with Gasteiger partial charge in [-0.1, -0.05) is 60.7 Å². The molecule has 1 spiro atoms. The summed E-state index contributed by atoms with van der Waals surface area (Å²) in [5.74, 6) is -0.0641. The minimum Gasteiger partial charge on any atom is -0.308 e. The maximum absolute atomic E-state index is 14.2. The van der Waals surface area contributed by atoms with Crippen LogP contribution < -0.4 is 10.2 Å². The number of carbonyl (C=O) groups excluding carboxylic acids is 2. The second-order valence-electron chi connectivity index (χ2n) is 9.22. The van der Waals surface area contributed by atoms with Crippen molar-refractivity contribution in [2.45, 2.75) is 36.9 Å². The summed E-state index contributed by atoms with van der Waals surface area (Å²) in [6, 6.07) is 25.1. The summed E-state index contributed by atoms with van der Waals surface area (Å²) in [7, 11) is 0. The van der Waals surface area contributed by atoms with E-state index in [1.807, 2.05) is 71.6 Å². The van der Waals surface area contributed by atoms with Crippen LogP contribution in [0.25, 0.3) is 0 Å². The Balaban J connectivity index is 1.58. The Morgan fingerprint density at radius 2 is 1.64 bits per heavy atom. The number of fused-ring (bicyclic) bond motifs is 2. The van der Waals surface area contributed by atoms with Gasteiger partial charge in [-0.05, 0) is 50.1 Å². The molecule has 0 aromatic heterocycles. The van der Waals surface area contributed by atoms with Gasteiger partial charge in [0.15, 0.2) is 4.87 Å². The molecule has 2 heterocycles. The summed E-state index contributed by atoms with van der Waals surface area (Å²) in [5.41, 5.74) is 4.70. The van der Waals surface area contributed by atoms with E-state index in [1.54, 1.807) is 16.7 Å². The molecule has 0 bridgehead atoms. The first kappa shape index (κ1) is 21.6. The van der Waals surface area contributed by atoms with Gasteiger partial charge in [-0.25, -0.2) is 4.79 Å². The van der Waals surface area contributed by atoms with Crippen molar-refractivity contribution in [2.75, 3.05) is 16.8 Å². The zero-order valence-corrected chi connectivity index (χ0v) is 19.9. The number of hydrogen-bond acceptors (Lipinski definition) is 3. The topological polar surface area (TPSA) is 52.7 Å². The van der Waals surface area contributed by atoms with Crippen LogP contribution in [0.3, 0.4) is 0 Å². The highest BCUT2D eigenvalue weighted by Gasteiger charge is 2.63. The second kappa shape index (κ2) is 7.96. The number of anilines is 2.